The molecule has 1 aromatic carbocycles. The van der Waals surface area contributed by atoms with Gasteiger partial charge < -0.3 is 15.0 Å². The molecule has 0 saturated carbocycles. The highest BCUT2D eigenvalue weighted by atomic mass is 16.5. The van der Waals surface area contributed by atoms with E-state index in [0.717, 1.165) is 11.4 Å². The topological polar surface area (TPSA) is 37.4 Å². The molecule has 1 heterocycles. The number of aromatic nitrogens is 1. The number of nitrogens with one attached hydrogen (secondary N) is 1. The molecule has 0 saturated heterocycles. The van der Waals surface area contributed by atoms with Gasteiger partial charge in [0.2, 0.25) is 5.88 Å². The predicted octanol–water partition coefficient (Wildman–Crippen LogP) is 3.64. The molecular formula is C17H23N3O. The summed E-state index contributed by atoms with van der Waals surface area (Å²) in [6.45, 7) is 4.23. The van der Waals surface area contributed by atoms with Crippen LogP contribution in [0.15, 0.2) is 36.5 Å². The number of pyridine rings is 1. The van der Waals surface area contributed by atoms with E-state index in [4.69, 9.17) is 4.74 Å². The molecule has 0 aliphatic rings. The third-order valence-corrected chi connectivity index (χ3v) is 3.51. The van der Waals surface area contributed by atoms with Crippen molar-refractivity contribution in [1.82, 2.24) is 4.98 Å². The molecule has 1 N–H and O–H groups in total. The zero-order valence-corrected chi connectivity index (χ0v) is 13.3. The van der Waals surface area contributed by atoms with Crippen LogP contribution in [-0.2, 0) is 0 Å². The van der Waals surface area contributed by atoms with E-state index in [0.29, 0.717) is 5.88 Å². The van der Waals surface area contributed by atoms with Gasteiger partial charge in [0, 0.05) is 26.3 Å². The van der Waals surface area contributed by atoms with Crippen LogP contribution >= 0.6 is 0 Å². The zero-order chi connectivity index (χ0) is 15.4. The highest BCUT2D eigenvalue weighted by molar-refractivity contribution is 5.74. The average molecular weight is 285 g/mol. The Balaban J connectivity index is 2.31. The number of rotatable bonds is 5. The normalized spacial score (nSPS) is 11.9. The fourth-order valence-corrected chi connectivity index (χ4v) is 2.25. The molecule has 0 aliphatic carbocycles. The Hall–Kier alpha value is -2.23. The number of nitrogens with zero attached hydrogens (tertiary/aromatic N) is 2. The minimum atomic E-state index is 0.169. The Morgan fingerprint density at radius 1 is 1.14 bits per heavy atom. The molecule has 4 heteroatoms. The summed E-state index contributed by atoms with van der Waals surface area (Å²) in [5.41, 5.74) is 4.47. The van der Waals surface area contributed by atoms with Crippen LogP contribution in [0.25, 0.3) is 0 Å². The summed E-state index contributed by atoms with van der Waals surface area (Å²) in [4.78, 5) is 6.34. The number of aryl methyl sites for hydroxylation is 1. The molecule has 0 spiro atoms. The van der Waals surface area contributed by atoms with Crippen LogP contribution in [-0.4, -0.2) is 26.2 Å². The van der Waals surface area contributed by atoms with Crippen molar-refractivity contribution in [2.45, 2.75) is 19.9 Å². The molecule has 2 aromatic rings. The molecule has 1 atom stereocenters. The van der Waals surface area contributed by atoms with Crippen LogP contribution in [0.1, 0.15) is 24.1 Å². The van der Waals surface area contributed by atoms with Gasteiger partial charge in [0.1, 0.15) is 5.69 Å². The first-order chi connectivity index (χ1) is 10.0. The van der Waals surface area contributed by atoms with Crippen molar-refractivity contribution in [2.24, 2.45) is 0 Å². The largest absolute Gasteiger partial charge is 0.479 e. The van der Waals surface area contributed by atoms with E-state index in [9.17, 15) is 0 Å². The van der Waals surface area contributed by atoms with Crippen molar-refractivity contribution in [3.8, 4) is 5.88 Å². The second-order valence-electron chi connectivity index (χ2n) is 5.39. The van der Waals surface area contributed by atoms with Crippen LogP contribution in [0.4, 0.5) is 11.4 Å². The van der Waals surface area contributed by atoms with Crippen LogP contribution in [0.2, 0.25) is 0 Å². The molecule has 1 unspecified atom stereocenters. The third kappa shape index (κ3) is 3.45. The lowest BCUT2D eigenvalue weighted by Gasteiger charge is -2.23. The number of anilines is 2. The molecule has 2 rings (SSSR count). The number of methoxy groups -OCH3 is 1. The highest BCUT2D eigenvalue weighted by Gasteiger charge is 2.15. The van der Waals surface area contributed by atoms with Crippen molar-refractivity contribution >= 4 is 11.4 Å². The zero-order valence-electron chi connectivity index (χ0n) is 13.3. The van der Waals surface area contributed by atoms with Gasteiger partial charge >= 0.3 is 0 Å². The second kappa shape index (κ2) is 6.48. The lowest BCUT2D eigenvalue weighted by Crippen LogP contribution is -2.15. The van der Waals surface area contributed by atoms with Gasteiger partial charge in [-0.2, -0.15) is 0 Å². The number of ether oxygens (including phenoxy) is 1. The molecule has 1 aromatic heterocycles. The van der Waals surface area contributed by atoms with E-state index in [-0.39, 0.29) is 6.04 Å². The first-order valence-corrected chi connectivity index (χ1v) is 7.06. The van der Waals surface area contributed by atoms with E-state index in [2.05, 4.69) is 48.4 Å². The Kier molecular flexibility index (Phi) is 4.68. The number of benzene rings is 1. The van der Waals surface area contributed by atoms with E-state index >= 15 is 0 Å². The Bertz CT molecular complexity index is 593. The monoisotopic (exact) mass is 285 g/mol. The highest BCUT2D eigenvalue weighted by Crippen LogP contribution is 2.34. The summed E-state index contributed by atoms with van der Waals surface area (Å²) in [5.74, 6) is 0.611. The Morgan fingerprint density at radius 2 is 1.81 bits per heavy atom. The smallest absolute Gasteiger partial charge is 0.239 e. The standard InChI is InChI=1S/C17H23N3O/c1-12-6-8-14(9-7-12)13(2)19-16-15(20(3)4)10-11-18-17(16)21-5/h6-11,13,19H,1-5H3. The van der Waals surface area contributed by atoms with Gasteiger partial charge in [-0.15, -0.1) is 0 Å². The average Bonchev–Trinajstić information content (AvgIpc) is 2.47. The lowest BCUT2D eigenvalue weighted by atomic mass is 10.1. The summed E-state index contributed by atoms with van der Waals surface area (Å²) in [7, 11) is 5.66. The van der Waals surface area contributed by atoms with Crippen molar-refractivity contribution in [2.75, 3.05) is 31.4 Å². The maximum atomic E-state index is 5.39. The van der Waals surface area contributed by atoms with Gasteiger partial charge in [0.25, 0.3) is 0 Å². The second-order valence-corrected chi connectivity index (χ2v) is 5.39. The number of hydrogen-bond donors (Lipinski definition) is 1. The SMILES string of the molecule is COc1nccc(N(C)C)c1NC(C)c1ccc(C)cc1. The van der Waals surface area contributed by atoms with Crippen LogP contribution < -0.4 is 15.0 Å². The quantitative estimate of drug-likeness (QED) is 0.910. The maximum absolute atomic E-state index is 5.39. The maximum Gasteiger partial charge on any atom is 0.239 e. The van der Waals surface area contributed by atoms with Gasteiger partial charge in [-0.25, -0.2) is 4.98 Å². The van der Waals surface area contributed by atoms with Crippen molar-refractivity contribution in [1.29, 1.82) is 0 Å². The van der Waals surface area contributed by atoms with E-state index in [1.807, 2.05) is 25.1 Å². The van der Waals surface area contributed by atoms with Crippen molar-refractivity contribution < 1.29 is 4.74 Å². The van der Waals surface area contributed by atoms with Gasteiger partial charge in [0.05, 0.1) is 12.8 Å². The van der Waals surface area contributed by atoms with Crippen molar-refractivity contribution in [3.63, 3.8) is 0 Å². The summed E-state index contributed by atoms with van der Waals surface area (Å²) in [5, 5.41) is 3.52. The molecule has 0 radical (unpaired) electrons. The van der Waals surface area contributed by atoms with Crippen molar-refractivity contribution in [3.05, 3.63) is 47.7 Å². The fraction of sp³-hybridized carbons (Fsp3) is 0.353. The predicted molar refractivity (Wildman–Crippen MR) is 88.3 cm³/mol. The molecule has 0 bridgehead atoms. The van der Waals surface area contributed by atoms with E-state index < -0.39 is 0 Å². The first kappa shape index (κ1) is 15.2. The summed E-state index contributed by atoms with van der Waals surface area (Å²) in [6, 6.07) is 10.7. The minimum absolute atomic E-state index is 0.169. The van der Waals surface area contributed by atoms with Gasteiger partial charge in [-0.3, -0.25) is 0 Å². The molecule has 21 heavy (non-hydrogen) atoms. The molecule has 0 aliphatic heterocycles. The van der Waals surface area contributed by atoms with Crippen LogP contribution in [0.5, 0.6) is 5.88 Å². The van der Waals surface area contributed by atoms with Gasteiger partial charge in [0.15, 0.2) is 0 Å². The van der Waals surface area contributed by atoms with Gasteiger partial charge in [-0.05, 0) is 25.5 Å². The fourth-order valence-electron chi connectivity index (χ4n) is 2.25. The molecule has 112 valence electrons. The van der Waals surface area contributed by atoms with E-state index in [1.54, 1.807) is 13.3 Å². The first-order valence-electron chi connectivity index (χ1n) is 7.06. The van der Waals surface area contributed by atoms with E-state index in [1.165, 1.54) is 11.1 Å². The lowest BCUT2D eigenvalue weighted by molar-refractivity contribution is 0.399. The molecule has 4 nitrogen and oxygen atoms in total. The summed E-state index contributed by atoms with van der Waals surface area (Å²) >= 11 is 0. The molecule has 0 amide bonds. The van der Waals surface area contributed by atoms with Crippen LogP contribution in [0, 0.1) is 6.92 Å². The third-order valence-electron chi connectivity index (χ3n) is 3.51. The Labute approximate surface area is 126 Å². The Morgan fingerprint density at radius 3 is 2.38 bits per heavy atom. The minimum Gasteiger partial charge on any atom is -0.479 e. The summed E-state index contributed by atoms with van der Waals surface area (Å²) < 4.78 is 5.39. The molecular weight excluding hydrogens is 262 g/mol. The summed E-state index contributed by atoms with van der Waals surface area (Å²) in [6.07, 6.45) is 1.76. The number of hydrogen-bond acceptors (Lipinski definition) is 4. The molecule has 0 fully saturated rings. The van der Waals surface area contributed by atoms with Crippen LogP contribution in [0.3, 0.4) is 0 Å². The van der Waals surface area contributed by atoms with Gasteiger partial charge in [-0.1, -0.05) is 29.8 Å².